The molecule has 1 aromatic heterocycles. The predicted octanol–water partition coefficient (Wildman–Crippen LogP) is 4.18. The SMILES string of the molecule is CCC(=O)N1CCC2(CC1)CN(C(=O)Nc1ccc(F)cc1)[C@H](CO)c1c2c2ccc(OC)cc2n1C. The Morgan fingerprint density at radius 2 is 1.86 bits per heavy atom. The van der Waals surface area contributed by atoms with Crippen molar-refractivity contribution in [2.45, 2.75) is 37.6 Å². The van der Waals surface area contributed by atoms with Crippen LogP contribution in [0.25, 0.3) is 10.9 Å². The highest BCUT2D eigenvalue weighted by Gasteiger charge is 2.49. The van der Waals surface area contributed by atoms with Crippen LogP contribution in [0, 0.1) is 5.82 Å². The number of aliphatic hydroxyl groups excluding tert-OH is 1. The number of aromatic nitrogens is 1. The van der Waals surface area contributed by atoms with Gasteiger partial charge in [-0.25, -0.2) is 9.18 Å². The van der Waals surface area contributed by atoms with Crippen LogP contribution < -0.4 is 10.1 Å². The number of aryl methyl sites for hydroxylation is 1. The monoisotopic (exact) mass is 508 g/mol. The molecular weight excluding hydrogens is 475 g/mol. The van der Waals surface area contributed by atoms with Crippen molar-refractivity contribution in [3.63, 3.8) is 0 Å². The number of carbonyl (C=O) groups is 2. The molecule has 37 heavy (non-hydrogen) atoms. The number of hydrogen-bond acceptors (Lipinski definition) is 4. The molecule has 0 unspecified atom stereocenters. The fourth-order valence-corrected chi connectivity index (χ4v) is 6.12. The van der Waals surface area contributed by atoms with Gasteiger partial charge in [-0.15, -0.1) is 0 Å². The van der Waals surface area contributed by atoms with E-state index in [1.54, 1.807) is 12.0 Å². The minimum Gasteiger partial charge on any atom is -0.497 e. The number of ether oxygens (including phenoxy) is 1. The molecule has 2 aliphatic rings. The Morgan fingerprint density at radius 1 is 1.16 bits per heavy atom. The van der Waals surface area contributed by atoms with Crippen LogP contribution >= 0.6 is 0 Å². The van der Waals surface area contributed by atoms with Gasteiger partial charge in [-0.1, -0.05) is 6.92 Å². The molecular formula is C28H33FN4O4. The smallest absolute Gasteiger partial charge is 0.322 e. The van der Waals surface area contributed by atoms with Gasteiger partial charge in [-0.05, 0) is 54.8 Å². The average molecular weight is 509 g/mol. The summed E-state index contributed by atoms with van der Waals surface area (Å²) in [4.78, 5) is 29.7. The minimum atomic E-state index is -0.570. The van der Waals surface area contributed by atoms with E-state index >= 15 is 0 Å². The number of carbonyl (C=O) groups excluding carboxylic acids is 2. The molecule has 5 rings (SSSR count). The Bertz CT molecular complexity index is 1330. The normalized spacial score (nSPS) is 18.7. The van der Waals surface area contributed by atoms with Gasteiger partial charge < -0.3 is 29.5 Å². The second kappa shape index (κ2) is 9.70. The number of likely N-dealkylation sites (tertiary alicyclic amines) is 1. The molecule has 2 N–H and O–H groups in total. The third kappa shape index (κ3) is 4.21. The fraction of sp³-hybridized carbons (Fsp3) is 0.429. The number of amides is 3. The predicted molar refractivity (Wildman–Crippen MR) is 139 cm³/mol. The second-order valence-corrected chi connectivity index (χ2v) is 9.98. The van der Waals surface area contributed by atoms with Gasteiger partial charge in [0.25, 0.3) is 0 Å². The van der Waals surface area contributed by atoms with Gasteiger partial charge >= 0.3 is 6.03 Å². The van der Waals surface area contributed by atoms with Crippen molar-refractivity contribution in [3.05, 3.63) is 59.5 Å². The summed E-state index contributed by atoms with van der Waals surface area (Å²) >= 11 is 0. The molecule has 196 valence electrons. The highest BCUT2D eigenvalue weighted by molar-refractivity contribution is 5.92. The summed E-state index contributed by atoms with van der Waals surface area (Å²) in [5.41, 5.74) is 3.09. The van der Waals surface area contributed by atoms with Gasteiger partial charge in [-0.3, -0.25) is 4.79 Å². The molecule has 3 heterocycles. The van der Waals surface area contributed by atoms with Gasteiger partial charge in [0.2, 0.25) is 5.91 Å². The summed E-state index contributed by atoms with van der Waals surface area (Å²) in [5, 5.41) is 14.5. The molecule has 0 radical (unpaired) electrons. The van der Waals surface area contributed by atoms with Gasteiger partial charge in [0.15, 0.2) is 0 Å². The van der Waals surface area contributed by atoms with Crippen molar-refractivity contribution in [3.8, 4) is 5.75 Å². The van der Waals surface area contributed by atoms with E-state index in [-0.39, 0.29) is 29.8 Å². The third-order valence-electron chi connectivity index (χ3n) is 8.05. The number of hydrogen-bond donors (Lipinski definition) is 2. The van der Waals surface area contributed by atoms with E-state index in [1.807, 2.05) is 31.0 Å². The van der Waals surface area contributed by atoms with E-state index in [0.29, 0.717) is 44.6 Å². The van der Waals surface area contributed by atoms with Gasteiger partial charge in [0, 0.05) is 61.4 Å². The molecule has 0 saturated carbocycles. The van der Waals surface area contributed by atoms with E-state index in [1.165, 1.54) is 24.3 Å². The zero-order chi connectivity index (χ0) is 26.3. The number of fused-ring (bicyclic) bond motifs is 4. The molecule has 2 aromatic carbocycles. The largest absolute Gasteiger partial charge is 0.497 e. The van der Waals surface area contributed by atoms with Crippen LogP contribution in [0.3, 0.4) is 0 Å². The first-order chi connectivity index (χ1) is 17.8. The maximum Gasteiger partial charge on any atom is 0.322 e. The molecule has 1 atom stereocenters. The first-order valence-electron chi connectivity index (χ1n) is 12.7. The van der Waals surface area contributed by atoms with Crippen molar-refractivity contribution in [2.75, 3.05) is 38.7 Å². The summed E-state index contributed by atoms with van der Waals surface area (Å²) in [6.45, 7) is 3.24. The number of nitrogens with one attached hydrogen (secondary N) is 1. The lowest BCUT2D eigenvalue weighted by atomic mass is 9.68. The fourth-order valence-electron chi connectivity index (χ4n) is 6.12. The zero-order valence-electron chi connectivity index (χ0n) is 21.5. The first kappa shape index (κ1) is 25.1. The van der Waals surface area contributed by atoms with Crippen LogP contribution in [0.2, 0.25) is 0 Å². The van der Waals surface area contributed by atoms with Crippen molar-refractivity contribution in [2.24, 2.45) is 7.05 Å². The molecule has 1 saturated heterocycles. The Balaban J connectivity index is 1.61. The Labute approximate surface area is 215 Å². The van der Waals surface area contributed by atoms with Crippen molar-refractivity contribution < 1.29 is 23.8 Å². The third-order valence-corrected chi connectivity index (χ3v) is 8.05. The summed E-state index contributed by atoms with van der Waals surface area (Å²) in [7, 11) is 3.58. The number of piperidine rings is 1. The number of rotatable bonds is 4. The molecule has 8 nitrogen and oxygen atoms in total. The maximum absolute atomic E-state index is 13.6. The van der Waals surface area contributed by atoms with Crippen LogP contribution in [0.4, 0.5) is 14.9 Å². The van der Waals surface area contributed by atoms with E-state index in [9.17, 15) is 19.1 Å². The number of methoxy groups -OCH3 is 1. The van der Waals surface area contributed by atoms with E-state index in [0.717, 1.165) is 27.9 Å². The second-order valence-electron chi connectivity index (χ2n) is 9.98. The number of anilines is 1. The van der Waals surface area contributed by atoms with Crippen molar-refractivity contribution >= 4 is 28.5 Å². The summed E-state index contributed by atoms with van der Waals surface area (Å²) in [6, 6.07) is 10.7. The number of aliphatic hydroxyl groups is 1. The topological polar surface area (TPSA) is 87.0 Å². The van der Waals surface area contributed by atoms with Crippen LogP contribution in [-0.2, 0) is 17.3 Å². The molecule has 3 aromatic rings. The number of benzene rings is 2. The summed E-state index contributed by atoms with van der Waals surface area (Å²) in [6.07, 6.45) is 1.87. The molecule has 3 amide bonds. The summed E-state index contributed by atoms with van der Waals surface area (Å²) in [5.74, 6) is 0.481. The van der Waals surface area contributed by atoms with Gasteiger partial charge in [0.05, 0.1) is 25.3 Å². The zero-order valence-corrected chi connectivity index (χ0v) is 21.5. The molecule has 1 spiro atoms. The first-order valence-corrected chi connectivity index (χ1v) is 12.7. The molecule has 0 bridgehead atoms. The Hall–Kier alpha value is -3.59. The summed E-state index contributed by atoms with van der Waals surface area (Å²) < 4.78 is 20.9. The van der Waals surface area contributed by atoms with Crippen LogP contribution in [-0.4, -0.2) is 64.8 Å². The van der Waals surface area contributed by atoms with Crippen molar-refractivity contribution in [1.82, 2.24) is 14.4 Å². The molecule has 9 heteroatoms. The molecule has 2 aliphatic heterocycles. The number of nitrogens with zero attached hydrogens (tertiary/aromatic N) is 3. The minimum absolute atomic E-state index is 0.132. The molecule has 0 aliphatic carbocycles. The standard InChI is InChI=1S/C28H33FN4O4/c1-4-24(35)32-13-11-28(12-14-32)17-33(27(36)30-19-7-5-18(29)6-8-19)23(16-34)26-25(28)21-10-9-20(37-3)15-22(21)31(26)2/h5-10,15,23,34H,4,11-14,16-17H2,1-3H3,(H,30,36)/t23-/m1/s1. The molecule has 1 fully saturated rings. The Morgan fingerprint density at radius 3 is 2.49 bits per heavy atom. The van der Waals surface area contributed by atoms with Gasteiger partial charge in [-0.2, -0.15) is 0 Å². The highest BCUT2D eigenvalue weighted by atomic mass is 19.1. The van der Waals surface area contributed by atoms with E-state index < -0.39 is 6.04 Å². The average Bonchev–Trinajstić information content (AvgIpc) is 3.22. The van der Waals surface area contributed by atoms with Gasteiger partial charge in [0.1, 0.15) is 11.6 Å². The lowest BCUT2D eigenvalue weighted by Crippen LogP contribution is -2.56. The van der Waals surface area contributed by atoms with Crippen LogP contribution in [0.15, 0.2) is 42.5 Å². The Kier molecular flexibility index (Phi) is 6.58. The van der Waals surface area contributed by atoms with Crippen LogP contribution in [0.5, 0.6) is 5.75 Å². The number of urea groups is 1. The maximum atomic E-state index is 13.6. The number of halogens is 1. The van der Waals surface area contributed by atoms with Crippen LogP contribution in [0.1, 0.15) is 43.5 Å². The lowest BCUT2D eigenvalue weighted by Gasteiger charge is -2.50. The highest BCUT2D eigenvalue weighted by Crippen LogP contribution is 2.50. The van der Waals surface area contributed by atoms with E-state index in [4.69, 9.17) is 4.74 Å². The van der Waals surface area contributed by atoms with E-state index in [2.05, 4.69) is 16.0 Å². The van der Waals surface area contributed by atoms with Crippen molar-refractivity contribution in [1.29, 1.82) is 0 Å². The lowest BCUT2D eigenvalue weighted by molar-refractivity contribution is -0.132. The quantitative estimate of drug-likeness (QED) is 0.554.